The average molecular weight is 237 g/mol. The quantitative estimate of drug-likeness (QED) is 0.802. The highest BCUT2D eigenvalue weighted by Gasteiger charge is 2.22. The van der Waals surface area contributed by atoms with Gasteiger partial charge in [0.1, 0.15) is 17.2 Å². The van der Waals surface area contributed by atoms with Crippen LogP contribution in [0.1, 0.15) is 31.2 Å². The molecular formula is C13H16FNO2. The number of hydrogen-bond acceptors (Lipinski definition) is 3. The van der Waals surface area contributed by atoms with Crippen LogP contribution in [0.2, 0.25) is 0 Å². The number of furan rings is 1. The lowest BCUT2D eigenvalue weighted by molar-refractivity contribution is 0.0940. The van der Waals surface area contributed by atoms with Crippen LogP contribution in [0.15, 0.2) is 22.6 Å². The first-order valence-electron chi connectivity index (χ1n) is 5.62. The maximum atomic E-state index is 13.2. The van der Waals surface area contributed by atoms with Gasteiger partial charge in [0.15, 0.2) is 0 Å². The number of aryl methyl sites for hydroxylation is 1. The fraction of sp³-hybridized carbons (Fsp3) is 0.385. The highest BCUT2D eigenvalue weighted by atomic mass is 19.1. The van der Waals surface area contributed by atoms with Crippen molar-refractivity contribution in [2.24, 2.45) is 5.92 Å². The molecular weight excluding hydrogens is 221 g/mol. The molecule has 0 radical (unpaired) electrons. The average Bonchev–Trinajstić information content (AvgIpc) is 2.58. The van der Waals surface area contributed by atoms with E-state index in [9.17, 15) is 4.39 Å². The lowest BCUT2D eigenvalue weighted by Crippen LogP contribution is -2.22. The van der Waals surface area contributed by atoms with Crippen molar-refractivity contribution >= 4 is 11.0 Å². The van der Waals surface area contributed by atoms with E-state index in [2.05, 4.69) is 5.48 Å². The number of halogens is 1. The first-order chi connectivity index (χ1) is 8.04. The van der Waals surface area contributed by atoms with E-state index < -0.39 is 0 Å². The van der Waals surface area contributed by atoms with Gasteiger partial charge in [-0.05, 0) is 31.0 Å². The summed E-state index contributed by atoms with van der Waals surface area (Å²) in [6.45, 7) is 5.82. The molecule has 0 fully saturated rings. The van der Waals surface area contributed by atoms with Crippen molar-refractivity contribution in [1.82, 2.24) is 5.48 Å². The highest BCUT2D eigenvalue weighted by Crippen LogP contribution is 2.32. The lowest BCUT2D eigenvalue weighted by atomic mass is 9.99. The number of rotatable bonds is 3. The maximum absolute atomic E-state index is 13.2. The normalized spacial score (nSPS) is 13.5. The van der Waals surface area contributed by atoms with E-state index in [1.165, 1.54) is 12.1 Å². The summed E-state index contributed by atoms with van der Waals surface area (Å²) in [5.41, 5.74) is 3.75. The van der Waals surface area contributed by atoms with E-state index in [0.717, 1.165) is 10.9 Å². The van der Waals surface area contributed by atoms with E-state index >= 15 is 0 Å². The van der Waals surface area contributed by atoms with Gasteiger partial charge in [0, 0.05) is 10.9 Å². The second-order valence-electron chi connectivity index (χ2n) is 4.58. The predicted molar refractivity (Wildman–Crippen MR) is 63.4 cm³/mol. The van der Waals surface area contributed by atoms with Crippen LogP contribution < -0.4 is 5.48 Å². The van der Waals surface area contributed by atoms with Gasteiger partial charge in [0.2, 0.25) is 0 Å². The number of benzene rings is 1. The van der Waals surface area contributed by atoms with Crippen LogP contribution in [0.4, 0.5) is 4.39 Å². The van der Waals surface area contributed by atoms with Crippen molar-refractivity contribution in [2.45, 2.75) is 26.8 Å². The Labute approximate surface area is 99.2 Å². The van der Waals surface area contributed by atoms with Crippen molar-refractivity contribution in [3.05, 3.63) is 35.3 Å². The molecule has 1 aromatic carbocycles. The van der Waals surface area contributed by atoms with E-state index in [-0.39, 0.29) is 17.8 Å². The van der Waals surface area contributed by atoms with E-state index in [4.69, 9.17) is 9.62 Å². The first kappa shape index (κ1) is 12.1. The fourth-order valence-corrected chi connectivity index (χ4v) is 2.02. The molecule has 1 aromatic heterocycles. The Kier molecular flexibility index (Phi) is 3.17. The molecule has 0 aliphatic carbocycles. The summed E-state index contributed by atoms with van der Waals surface area (Å²) in [6, 6.07) is 4.14. The minimum absolute atomic E-state index is 0.170. The third-order valence-electron chi connectivity index (χ3n) is 3.02. The second kappa shape index (κ2) is 4.47. The largest absolute Gasteiger partial charge is 0.459 e. The van der Waals surface area contributed by atoms with Gasteiger partial charge >= 0.3 is 0 Å². The molecule has 0 bridgehead atoms. The van der Waals surface area contributed by atoms with E-state index in [0.29, 0.717) is 11.3 Å². The summed E-state index contributed by atoms with van der Waals surface area (Å²) in [4.78, 5) is 0. The van der Waals surface area contributed by atoms with Crippen molar-refractivity contribution in [1.29, 1.82) is 0 Å². The molecule has 0 saturated heterocycles. The lowest BCUT2D eigenvalue weighted by Gasteiger charge is -2.17. The molecule has 0 unspecified atom stereocenters. The highest BCUT2D eigenvalue weighted by molar-refractivity contribution is 5.82. The molecule has 1 heterocycles. The van der Waals surface area contributed by atoms with Crippen LogP contribution >= 0.6 is 0 Å². The van der Waals surface area contributed by atoms with Crippen LogP contribution in [0.3, 0.4) is 0 Å². The molecule has 0 amide bonds. The zero-order valence-corrected chi connectivity index (χ0v) is 10.1. The van der Waals surface area contributed by atoms with Crippen LogP contribution in [0.25, 0.3) is 11.0 Å². The molecule has 1 atom stereocenters. The van der Waals surface area contributed by atoms with Crippen molar-refractivity contribution in [3.8, 4) is 0 Å². The summed E-state index contributed by atoms with van der Waals surface area (Å²) >= 11 is 0. The minimum Gasteiger partial charge on any atom is -0.459 e. The monoisotopic (exact) mass is 237 g/mol. The SMILES string of the molecule is Cc1c([C@H](NO)C(C)C)oc2ccc(F)cc12. The summed E-state index contributed by atoms with van der Waals surface area (Å²) in [5, 5.41) is 9.92. The molecule has 2 rings (SSSR count). The molecule has 3 nitrogen and oxygen atoms in total. The molecule has 0 saturated carbocycles. The Hall–Kier alpha value is -1.39. The van der Waals surface area contributed by atoms with E-state index in [1.54, 1.807) is 6.07 Å². The minimum atomic E-state index is -0.287. The number of nitrogens with one attached hydrogen (secondary N) is 1. The summed E-state index contributed by atoms with van der Waals surface area (Å²) in [7, 11) is 0. The van der Waals surface area contributed by atoms with Gasteiger partial charge in [-0.15, -0.1) is 0 Å². The predicted octanol–water partition coefficient (Wildman–Crippen LogP) is 3.56. The first-order valence-corrected chi connectivity index (χ1v) is 5.62. The molecule has 2 N–H and O–H groups in total. The van der Waals surface area contributed by atoms with Crippen LogP contribution in [-0.4, -0.2) is 5.21 Å². The van der Waals surface area contributed by atoms with Crippen molar-refractivity contribution in [3.63, 3.8) is 0 Å². The maximum Gasteiger partial charge on any atom is 0.134 e. The molecule has 0 aliphatic rings. The van der Waals surface area contributed by atoms with Gasteiger partial charge in [0.25, 0.3) is 0 Å². The Morgan fingerprint density at radius 2 is 2.06 bits per heavy atom. The second-order valence-corrected chi connectivity index (χ2v) is 4.58. The summed E-state index contributed by atoms with van der Waals surface area (Å²) < 4.78 is 18.8. The Morgan fingerprint density at radius 1 is 1.35 bits per heavy atom. The molecule has 17 heavy (non-hydrogen) atoms. The zero-order chi connectivity index (χ0) is 12.6. The summed E-state index contributed by atoms with van der Waals surface area (Å²) in [5.74, 6) is 0.540. The molecule has 4 heteroatoms. The summed E-state index contributed by atoms with van der Waals surface area (Å²) in [6.07, 6.45) is 0. The Balaban J connectivity index is 2.59. The van der Waals surface area contributed by atoms with Gasteiger partial charge < -0.3 is 9.62 Å². The number of hydrogen-bond donors (Lipinski definition) is 2. The Bertz CT molecular complexity index is 533. The number of hydroxylamine groups is 1. The molecule has 0 aliphatic heterocycles. The third-order valence-corrected chi connectivity index (χ3v) is 3.02. The van der Waals surface area contributed by atoms with Gasteiger partial charge in [-0.3, -0.25) is 0 Å². The van der Waals surface area contributed by atoms with Gasteiger partial charge in [0.05, 0.1) is 6.04 Å². The zero-order valence-electron chi connectivity index (χ0n) is 10.1. The van der Waals surface area contributed by atoms with Crippen LogP contribution in [0, 0.1) is 18.7 Å². The fourth-order valence-electron chi connectivity index (χ4n) is 2.02. The van der Waals surface area contributed by atoms with Gasteiger partial charge in [-0.1, -0.05) is 13.8 Å². The van der Waals surface area contributed by atoms with Gasteiger partial charge in [-0.25, -0.2) is 4.39 Å². The van der Waals surface area contributed by atoms with Crippen molar-refractivity contribution < 1.29 is 14.0 Å². The third kappa shape index (κ3) is 2.06. The smallest absolute Gasteiger partial charge is 0.134 e. The van der Waals surface area contributed by atoms with Crippen LogP contribution in [-0.2, 0) is 0 Å². The van der Waals surface area contributed by atoms with E-state index in [1.807, 2.05) is 20.8 Å². The number of fused-ring (bicyclic) bond motifs is 1. The van der Waals surface area contributed by atoms with Crippen LogP contribution in [0.5, 0.6) is 0 Å². The van der Waals surface area contributed by atoms with Gasteiger partial charge in [-0.2, -0.15) is 5.48 Å². The Morgan fingerprint density at radius 3 is 2.65 bits per heavy atom. The molecule has 2 aromatic rings. The molecule has 0 spiro atoms. The molecule has 92 valence electrons. The van der Waals surface area contributed by atoms with Crippen molar-refractivity contribution in [2.75, 3.05) is 0 Å². The standard InChI is InChI=1S/C13H16FNO2/c1-7(2)12(15-16)13-8(3)10-6-9(14)4-5-11(10)17-13/h4-7,12,15-16H,1-3H3/t12-/m1/s1. The topological polar surface area (TPSA) is 45.4 Å².